The minimum Gasteiger partial charge on any atom is -0.495 e. The Kier molecular flexibility index (Phi) is 7.74. The fourth-order valence-electron chi connectivity index (χ4n) is 3.71. The predicted molar refractivity (Wildman–Crippen MR) is 108 cm³/mol. The van der Waals surface area contributed by atoms with Crippen molar-refractivity contribution in [3.05, 3.63) is 23.8 Å². The lowest BCUT2D eigenvalue weighted by atomic mass is 10.0. The summed E-state index contributed by atoms with van der Waals surface area (Å²) in [5.41, 5.74) is 1.25. The van der Waals surface area contributed by atoms with Gasteiger partial charge in [-0.15, -0.1) is 12.4 Å². The van der Waals surface area contributed by atoms with Gasteiger partial charge in [-0.25, -0.2) is 4.79 Å². The molecule has 2 aliphatic heterocycles. The van der Waals surface area contributed by atoms with Crippen LogP contribution in [0.4, 0.5) is 10.5 Å². The molecule has 0 saturated carbocycles. The number of amides is 3. The number of nitrogens with zero attached hydrogens (tertiary/aromatic N) is 2. The Hall–Kier alpha value is -1.99. The van der Waals surface area contributed by atoms with E-state index in [-0.39, 0.29) is 30.4 Å². The fraction of sp³-hybridized carbons (Fsp3) is 0.579. The number of ether oxygens (including phenoxy) is 1. The van der Waals surface area contributed by atoms with Gasteiger partial charge in [0, 0.05) is 31.2 Å². The number of methoxy groups -OCH3 is 1. The summed E-state index contributed by atoms with van der Waals surface area (Å²) in [5.74, 6) is 0.629. The molecule has 27 heavy (non-hydrogen) atoms. The molecule has 2 fully saturated rings. The summed E-state index contributed by atoms with van der Waals surface area (Å²) in [6, 6.07) is 5.47. The Balaban J connectivity index is 0.00000261. The second-order valence-corrected chi connectivity index (χ2v) is 6.75. The maximum atomic E-state index is 13.2. The third-order valence-corrected chi connectivity index (χ3v) is 5.05. The number of nitrogens with one attached hydrogen (secondary N) is 2. The van der Waals surface area contributed by atoms with E-state index in [2.05, 4.69) is 17.6 Å². The van der Waals surface area contributed by atoms with Crippen molar-refractivity contribution in [3.8, 4) is 5.75 Å². The lowest BCUT2D eigenvalue weighted by Crippen LogP contribution is -2.46. The van der Waals surface area contributed by atoms with Gasteiger partial charge < -0.3 is 20.3 Å². The monoisotopic (exact) mass is 396 g/mol. The highest BCUT2D eigenvalue weighted by Gasteiger charge is 2.28. The van der Waals surface area contributed by atoms with Gasteiger partial charge in [0.2, 0.25) is 0 Å². The second kappa shape index (κ2) is 9.80. The maximum Gasteiger partial charge on any atom is 0.322 e. The third kappa shape index (κ3) is 4.65. The lowest BCUT2D eigenvalue weighted by Gasteiger charge is -2.35. The smallest absolute Gasteiger partial charge is 0.322 e. The minimum atomic E-state index is -0.156. The average Bonchev–Trinajstić information content (AvgIpc) is 3.11. The van der Waals surface area contributed by atoms with E-state index in [4.69, 9.17) is 4.74 Å². The van der Waals surface area contributed by atoms with Gasteiger partial charge >= 0.3 is 6.03 Å². The number of piperidine rings is 1. The number of carbonyl (C=O) groups is 2. The van der Waals surface area contributed by atoms with E-state index in [1.54, 1.807) is 30.2 Å². The molecule has 3 rings (SSSR count). The Morgan fingerprint density at radius 1 is 1.30 bits per heavy atom. The summed E-state index contributed by atoms with van der Waals surface area (Å²) in [6.45, 7) is 5.89. The van der Waals surface area contributed by atoms with E-state index in [0.29, 0.717) is 30.1 Å². The van der Waals surface area contributed by atoms with E-state index in [1.165, 1.54) is 0 Å². The number of anilines is 1. The topological polar surface area (TPSA) is 73.9 Å². The van der Waals surface area contributed by atoms with Crippen LogP contribution in [0.5, 0.6) is 5.75 Å². The van der Waals surface area contributed by atoms with Crippen LogP contribution < -0.4 is 20.3 Å². The Labute approximate surface area is 166 Å². The Morgan fingerprint density at radius 2 is 2.04 bits per heavy atom. The number of benzene rings is 1. The molecule has 8 heteroatoms. The van der Waals surface area contributed by atoms with Crippen molar-refractivity contribution in [1.29, 1.82) is 0 Å². The van der Waals surface area contributed by atoms with Gasteiger partial charge in [-0.05, 0) is 50.6 Å². The van der Waals surface area contributed by atoms with Crippen LogP contribution >= 0.6 is 12.4 Å². The second-order valence-electron chi connectivity index (χ2n) is 6.75. The van der Waals surface area contributed by atoms with E-state index in [9.17, 15) is 9.59 Å². The van der Waals surface area contributed by atoms with Crippen molar-refractivity contribution in [2.75, 3.05) is 44.7 Å². The number of hydrogen-bond acceptors (Lipinski definition) is 4. The van der Waals surface area contributed by atoms with Gasteiger partial charge in [-0.3, -0.25) is 9.69 Å². The zero-order valence-electron chi connectivity index (χ0n) is 16.0. The predicted octanol–water partition coefficient (Wildman–Crippen LogP) is 2.25. The van der Waals surface area contributed by atoms with Crippen LogP contribution in [0.15, 0.2) is 18.2 Å². The standard InChI is InChI=1S/C19H28N4O3.ClH/c1-3-11-22(15-6-8-20-9-7-15)18(24)14-4-5-17(26-2)16(13-14)23-12-10-21-19(23)25;/h4-5,13,15,20H,3,6-12H2,1-2H3,(H,21,25);1H. The van der Waals surface area contributed by atoms with Crippen LogP contribution in [0.1, 0.15) is 36.5 Å². The van der Waals surface area contributed by atoms with Crippen molar-refractivity contribution in [2.24, 2.45) is 0 Å². The highest BCUT2D eigenvalue weighted by atomic mass is 35.5. The first kappa shape index (κ1) is 21.3. The SMILES string of the molecule is CCCN(C(=O)c1ccc(OC)c(N2CCNC2=O)c1)C1CCNCC1.Cl. The maximum absolute atomic E-state index is 13.2. The van der Waals surface area contributed by atoms with Crippen molar-refractivity contribution in [3.63, 3.8) is 0 Å². The molecule has 1 aromatic rings. The summed E-state index contributed by atoms with van der Waals surface area (Å²) >= 11 is 0. The molecule has 1 aromatic carbocycles. The molecule has 0 aliphatic carbocycles. The number of urea groups is 1. The van der Waals surface area contributed by atoms with Gasteiger partial charge in [0.15, 0.2) is 0 Å². The van der Waals surface area contributed by atoms with Crippen LogP contribution in [0, 0.1) is 0 Å². The average molecular weight is 397 g/mol. The molecule has 0 aromatic heterocycles. The normalized spacial score (nSPS) is 17.3. The molecule has 2 heterocycles. The molecule has 7 nitrogen and oxygen atoms in total. The third-order valence-electron chi connectivity index (χ3n) is 5.05. The Morgan fingerprint density at radius 3 is 2.63 bits per heavy atom. The number of carbonyl (C=O) groups excluding carboxylic acids is 2. The van der Waals surface area contributed by atoms with Gasteiger partial charge in [0.05, 0.1) is 12.8 Å². The molecule has 0 atom stereocenters. The number of halogens is 1. The van der Waals surface area contributed by atoms with E-state index in [0.717, 1.165) is 38.9 Å². The molecule has 2 N–H and O–H groups in total. The number of rotatable bonds is 6. The van der Waals surface area contributed by atoms with Crippen LogP contribution in [-0.2, 0) is 0 Å². The van der Waals surface area contributed by atoms with Crippen molar-refractivity contribution < 1.29 is 14.3 Å². The van der Waals surface area contributed by atoms with E-state index >= 15 is 0 Å². The molecule has 0 unspecified atom stereocenters. The van der Waals surface area contributed by atoms with Crippen LogP contribution in [-0.4, -0.2) is 62.7 Å². The van der Waals surface area contributed by atoms with E-state index in [1.807, 2.05) is 4.90 Å². The lowest BCUT2D eigenvalue weighted by molar-refractivity contribution is 0.0642. The fourth-order valence-corrected chi connectivity index (χ4v) is 3.71. The summed E-state index contributed by atoms with van der Waals surface area (Å²) in [7, 11) is 1.58. The minimum absolute atomic E-state index is 0. The number of hydrogen-bond donors (Lipinski definition) is 2. The van der Waals surface area contributed by atoms with Crippen LogP contribution in [0.2, 0.25) is 0 Å². The summed E-state index contributed by atoms with van der Waals surface area (Å²) in [4.78, 5) is 28.9. The summed E-state index contributed by atoms with van der Waals surface area (Å²) in [6.07, 6.45) is 2.87. The van der Waals surface area contributed by atoms with Crippen molar-refractivity contribution >= 4 is 30.0 Å². The largest absolute Gasteiger partial charge is 0.495 e. The Bertz CT molecular complexity index is 664. The summed E-state index contributed by atoms with van der Waals surface area (Å²) in [5, 5.41) is 6.14. The first-order chi connectivity index (χ1) is 12.7. The zero-order chi connectivity index (χ0) is 18.5. The molecule has 2 saturated heterocycles. The van der Waals surface area contributed by atoms with Crippen LogP contribution in [0.25, 0.3) is 0 Å². The highest BCUT2D eigenvalue weighted by Crippen LogP contribution is 2.31. The molecule has 0 radical (unpaired) electrons. The van der Waals surface area contributed by atoms with Crippen molar-refractivity contribution in [1.82, 2.24) is 15.5 Å². The zero-order valence-corrected chi connectivity index (χ0v) is 16.8. The molecular weight excluding hydrogens is 368 g/mol. The van der Waals surface area contributed by atoms with Gasteiger partial charge in [0.1, 0.15) is 5.75 Å². The molecular formula is C19H29ClN4O3. The molecule has 3 amide bonds. The van der Waals surface area contributed by atoms with E-state index < -0.39 is 0 Å². The molecule has 0 spiro atoms. The first-order valence-corrected chi connectivity index (χ1v) is 9.40. The quantitative estimate of drug-likeness (QED) is 0.773. The highest BCUT2D eigenvalue weighted by molar-refractivity contribution is 6.00. The van der Waals surface area contributed by atoms with Crippen LogP contribution in [0.3, 0.4) is 0 Å². The molecule has 2 aliphatic rings. The molecule has 0 bridgehead atoms. The van der Waals surface area contributed by atoms with Gasteiger partial charge in [-0.2, -0.15) is 0 Å². The summed E-state index contributed by atoms with van der Waals surface area (Å²) < 4.78 is 5.41. The van der Waals surface area contributed by atoms with Gasteiger partial charge in [0.25, 0.3) is 5.91 Å². The van der Waals surface area contributed by atoms with Crippen molar-refractivity contribution in [2.45, 2.75) is 32.2 Å². The first-order valence-electron chi connectivity index (χ1n) is 9.40. The van der Waals surface area contributed by atoms with Gasteiger partial charge in [-0.1, -0.05) is 6.92 Å². The molecule has 150 valence electrons.